The number of carbonyl (C=O) groups excluding carboxylic acids is 2. The van der Waals surface area contributed by atoms with Crippen LogP contribution >= 0.6 is 0 Å². The lowest BCUT2D eigenvalue weighted by Gasteiger charge is -2.33. The van der Waals surface area contributed by atoms with Gasteiger partial charge in [0.2, 0.25) is 11.8 Å². The van der Waals surface area contributed by atoms with Crippen LogP contribution in [0.25, 0.3) is 0 Å². The molecule has 0 aromatic carbocycles. The molecule has 6 nitrogen and oxygen atoms in total. The standard InChI is InChI=1S/C20H32N4O2/c1-2-3-11-23-15-10-21-20(23)17-8-13-22(14-9-17)19(26)16-24-12-6-4-5-7-18(24)25/h10,15,17H,2-9,11-14,16H2,1H3. The van der Waals surface area contributed by atoms with Gasteiger partial charge in [-0.3, -0.25) is 9.59 Å². The summed E-state index contributed by atoms with van der Waals surface area (Å²) in [5, 5.41) is 0. The molecule has 1 aromatic rings. The molecule has 1 aromatic heterocycles. The number of amides is 2. The van der Waals surface area contributed by atoms with E-state index in [0.29, 0.717) is 12.3 Å². The predicted molar refractivity (Wildman–Crippen MR) is 101 cm³/mol. The number of unbranched alkanes of at least 4 members (excludes halogenated alkanes) is 1. The summed E-state index contributed by atoms with van der Waals surface area (Å²) in [6.45, 7) is 5.76. The van der Waals surface area contributed by atoms with Crippen molar-refractivity contribution in [1.29, 1.82) is 0 Å². The van der Waals surface area contributed by atoms with Gasteiger partial charge in [-0.1, -0.05) is 19.8 Å². The second kappa shape index (κ2) is 9.19. The fourth-order valence-corrected chi connectivity index (χ4v) is 4.05. The third-order valence-electron chi connectivity index (χ3n) is 5.71. The second-order valence-corrected chi connectivity index (χ2v) is 7.61. The highest BCUT2D eigenvalue weighted by molar-refractivity contribution is 5.85. The smallest absolute Gasteiger partial charge is 0.242 e. The monoisotopic (exact) mass is 360 g/mol. The maximum absolute atomic E-state index is 12.6. The Labute approximate surface area is 156 Å². The summed E-state index contributed by atoms with van der Waals surface area (Å²) in [5.41, 5.74) is 0. The molecule has 0 aliphatic carbocycles. The van der Waals surface area contributed by atoms with Gasteiger partial charge in [-0.2, -0.15) is 0 Å². The molecule has 6 heteroatoms. The summed E-state index contributed by atoms with van der Waals surface area (Å²) in [4.78, 5) is 33.0. The highest BCUT2D eigenvalue weighted by Gasteiger charge is 2.28. The molecule has 0 N–H and O–H groups in total. The molecule has 0 spiro atoms. The average Bonchev–Trinajstić information content (AvgIpc) is 3.04. The number of rotatable bonds is 6. The first-order valence-electron chi connectivity index (χ1n) is 10.3. The Balaban J connectivity index is 1.51. The van der Waals surface area contributed by atoms with Gasteiger partial charge in [0.05, 0.1) is 6.54 Å². The summed E-state index contributed by atoms with van der Waals surface area (Å²) >= 11 is 0. The van der Waals surface area contributed by atoms with Crippen LogP contribution in [0.15, 0.2) is 12.4 Å². The highest BCUT2D eigenvalue weighted by atomic mass is 16.2. The molecule has 3 rings (SSSR count). The molecular formula is C20H32N4O2. The number of carbonyl (C=O) groups is 2. The number of piperidine rings is 1. The van der Waals surface area contributed by atoms with Gasteiger partial charge in [0.25, 0.3) is 0 Å². The topological polar surface area (TPSA) is 58.4 Å². The van der Waals surface area contributed by atoms with Crippen LogP contribution in [0.1, 0.15) is 70.0 Å². The Bertz CT molecular complexity index is 605. The van der Waals surface area contributed by atoms with E-state index in [4.69, 9.17) is 0 Å². The zero-order valence-corrected chi connectivity index (χ0v) is 16.0. The fraction of sp³-hybridized carbons (Fsp3) is 0.750. The van der Waals surface area contributed by atoms with Gasteiger partial charge in [0, 0.05) is 50.9 Å². The number of hydrogen-bond acceptors (Lipinski definition) is 3. The molecule has 0 atom stereocenters. The minimum Gasteiger partial charge on any atom is -0.341 e. The maximum Gasteiger partial charge on any atom is 0.242 e. The van der Waals surface area contributed by atoms with Crippen LogP contribution in [-0.2, 0) is 16.1 Å². The molecule has 3 heterocycles. The molecular weight excluding hydrogens is 328 g/mol. The van der Waals surface area contributed by atoms with E-state index in [0.717, 1.165) is 58.3 Å². The Morgan fingerprint density at radius 2 is 2.00 bits per heavy atom. The minimum atomic E-state index is 0.105. The van der Waals surface area contributed by atoms with Gasteiger partial charge in [-0.05, 0) is 32.1 Å². The van der Waals surface area contributed by atoms with Gasteiger partial charge in [-0.25, -0.2) is 4.98 Å². The molecule has 2 fully saturated rings. The van der Waals surface area contributed by atoms with Crippen molar-refractivity contribution in [2.45, 2.75) is 70.8 Å². The van der Waals surface area contributed by atoms with Gasteiger partial charge in [-0.15, -0.1) is 0 Å². The molecule has 0 unspecified atom stereocenters. The molecule has 0 radical (unpaired) electrons. The van der Waals surface area contributed by atoms with E-state index in [1.807, 2.05) is 11.1 Å². The number of hydrogen-bond donors (Lipinski definition) is 0. The van der Waals surface area contributed by atoms with Gasteiger partial charge in [0.1, 0.15) is 5.82 Å². The van der Waals surface area contributed by atoms with Crippen molar-refractivity contribution in [2.24, 2.45) is 0 Å². The Morgan fingerprint density at radius 3 is 2.77 bits per heavy atom. The SMILES string of the molecule is CCCCn1ccnc1C1CCN(C(=O)CN2CCCCCC2=O)CC1. The fourth-order valence-electron chi connectivity index (χ4n) is 4.05. The lowest BCUT2D eigenvalue weighted by Crippen LogP contribution is -2.45. The van der Waals surface area contributed by atoms with Gasteiger partial charge >= 0.3 is 0 Å². The number of nitrogens with zero attached hydrogens (tertiary/aromatic N) is 4. The Hall–Kier alpha value is -1.85. The van der Waals surface area contributed by atoms with Crippen LogP contribution in [0.4, 0.5) is 0 Å². The largest absolute Gasteiger partial charge is 0.341 e. The third-order valence-corrected chi connectivity index (χ3v) is 5.71. The molecule has 2 amide bonds. The van der Waals surface area contributed by atoms with E-state index in [-0.39, 0.29) is 18.4 Å². The van der Waals surface area contributed by atoms with Crippen molar-refractivity contribution >= 4 is 11.8 Å². The summed E-state index contributed by atoms with van der Waals surface area (Å²) in [6, 6.07) is 0. The molecule has 2 saturated heterocycles. The van der Waals surface area contributed by atoms with Crippen molar-refractivity contribution in [3.63, 3.8) is 0 Å². The molecule has 144 valence electrons. The van der Waals surface area contributed by atoms with Crippen LogP contribution in [0.3, 0.4) is 0 Å². The van der Waals surface area contributed by atoms with E-state index < -0.39 is 0 Å². The summed E-state index contributed by atoms with van der Waals surface area (Å²) in [6.07, 6.45) is 11.9. The van der Waals surface area contributed by atoms with Crippen LogP contribution in [0, 0.1) is 0 Å². The molecule has 26 heavy (non-hydrogen) atoms. The Morgan fingerprint density at radius 1 is 1.19 bits per heavy atom. The van der Waals surface area contributed by atoms with Gasteiger partial charge < -0.3 is 14.4 Å². The van der Waals surface area contributed by atoms with Crippen molar-refractivity contribution < 1.29 is 9.59 Å². The van der Waals surface area contributed by atoms with E-state index >= 15 is 0 Å². The quantitative estimate of drug-likeness (QED) is 0.784. The van der Waals surface area contributed by atoms with Gasteiger partial charge in [0.15, 0.2) is 0 Å². The molecule has 0 bridgehead atoms. The van der Waals surface area contributed by atoms with Crippen LogP contribution in [-0.4, -0.2) is 57.3 Å². The second-order valence-electron chi connectivity index (χ2n) is 7.61. The number of imidazole rings is 1. The summed E-state index contributed by atoms with van der Waals surface area (Å²) < 4.78 is 2.28. The lowest BCUT2D eigenvalue weighted by molar-refractivity contribution is -0.140. The van der Waals surface area contributed by atoms with Crippen molar-refractivity contribution in [3.8, 4) is 0 Å². The van der Waals surface area contributed by atoms with E-state index in [2.05, 4.69) is 22.7 Å². The van der Waals surface area contributed by atoms with Crippen LogP contribution in [0.5, 0.6) is 0 Å². The number of likely N-dealkylation sites (tertiary alicyclic amines) is 2. The zero-order valence-electron chi connectivity index (χ0n) is 16.0. The lowest BCUT2D eigenvalue weighted by atomic mass is 9.95. The summed E-state index contributed by atoms with van der Waals surface area (Å²) in [5.74, 6) is 1.86. The minimum absolute atomic E-state index is 0.105. The van der Waals surface area contributed by atoms with E-state index in [1.54, 1.807) is 4.90 Å². The first kappa shape index (κ1) is 18.9. The predicted octanol–water partition coefficient (Wildman–Crippen LogP) is 2.79. The number of aryl methyl sites for hydroxylation is 1. The molecule has 0 saturated carbocycles. The first-order valence-corrected chi connectivity index (χ1v) is 10.3. The van der Waals surface area contributed by atoms with Crippen molar-refractivity contribution in [3.05, 3.63) is 18.2 Å². The summed E-state index contributed by atoms with van der Waals surface area (Å²) in [7, 11) is 0. The van der Waals surface area contributed by atoms with E-state index in [9.17, 15) is 9.59 Å². The van der Waals surface area contributed by atoms with Crippen molar-refractivity contribution in [2.75, 3.05) is 26.2 Å². The molecule has 2 aliphatic rings. The molecule has 2 aliphatic heterocycles. The van der Waals surface area contributed by atoms with Crippen molar-refractivity contribution in [1.82, 2.24) is 19.4 Å². The Kier molecular flexibility index (Phi) is 6.69. The highest BCUT2D eigenvalue weighted by Crippen LogP contribution is 2.27. The maximum atomic E-state index is 12.6. The first-order chi connectivity index (χ1) is 12.7. The number of aromatic nitrogens is 2. The normalized spacial score (nSPS) is 19.7. The third kappa shape index (κ3) is 4.65. The average molecular weight is 361 g/mol. The zero-order chi connectivity index (χ0) is 18.4. The van der Waals surface area contributed by atoms with E-state index in [1.165, 1.54) is 18.7 Å². The van der Waals surface area contributed by atoms with Crippen LogP contribution in [0.2, 0.25) is 0 Å². The van der Waals surface area contributed by atoms with Crippen LogP contribution < -0.4 is 0 Å².